The number of nitrogens with zero attached hydrogens (tertiary/aromatic N) is 2. The highest BCUT2D eigenvalue weighted by Crippen LogP contribution is 2.13. The van der Waals surface area contributed by atoms with Crippen LogP contribution in [0.2, 0.25) is 0 Å². The molecule has 0 radical (unpaired) electrons. The van der Waals surface area contributed by atoms with Gasteiger partial charge in [-0.3, -0.25) is 14.5 Å². The summed E-state index contributed by atoms with van der Waals surface area (Å²) in [7, 11) is 0. The van der Waals surface area contributed by atoms with Crippen LogP contribution >= 0.6 is 0 Å². The molecule has 1 aromatic heterocycles. The topological polar surface area (TPSA) is 51.5 Å². The molecule has 0 aliphatic carbocycles. The predicted molar refractivity (Wildman–Crippen MR) is 77.2 cm³/mol. The highest BCUT2D eigenvalue weighted by atomic mass is 16.5. The Kier molecular flexibility index (Phi) is 4.73. The fraction of sp³-hybridized carbons (Fsp3) is 0.600. The molecule has 5 nitrogen and oxygen atoms in total. The summed E-state index contributed by atoms with van der Waals surface area (Å²) >= 11 is 0. The number of Topliss-reactive ketones (excluding diaryl/α,β-unsaturated/α-hetero) is 1. The van der Waals surface area contributed by atoms with Gasteiger partial charge in [0.25, 0.3) is 5.56 Å². The molecule has 110 valence electrons. The smallest absolute Gasteiger partial charge is 0.261 e. The van der Waals surface area contributed by atoms with E-state index in [0.29, 0.717) is 12.6 Å². The van der Waals surface area contributed by atoms with Crippen LogP contribution in [0.5, 0.6) is 0 Å². The molecule has 0 bridgehead atoms. The Balaban J connectivity index is 1.86. The Bertz CT molecular complexity index is 530. The first-order valence-corrected chi connectivity index (χ1v) is 7.05. The number of pyridine rings is 1. The molecule has 0 N–H and O–H groups in total. The van der Waals surface area contributed by atoms with Crippen LogP contribution in [0, 0.1) is 0 Å². The van der Waals surface area contributed by atoms with Gasteiger partial charge >= 0.3 is 0 Å². The highest BCUT2D eigenvalue weighted by molar-refractivity contribution is 5.93. The molecule has 1 saturated heterocycles. The average Bonchev–Trinajstić information content (AvgIpc) is 2.32. The number of carbonyl (C=O) groups excluding carboxylic acids is 1. The average molecular weight is 278 g/mol. The third-order valence-electron chi connectivity index (χ3n) is 3.44. The van der Waals surface area contributed by atoms with Crippen LogP contribution in [0.3, 0.4) is 0 Å². The second-order valence-electron chi connectivity index (χ2n) is 5.54. The third-order valence-corrected chi connectivity index (χ3v) is 3.44. The van der Waals surface area contributed by atoms with Crippen molar-refractivity contribution in [2.24, 2.45) is 0 Å². The first-order valence-electron chi connectivity index (χ1n) is 7.05. The Morgan fingerprint density at radius 3 is 2.70 bits per heavy atom. The summed E-state index contributed by atoms with van der Waals surface area (Å²) < 4.78 is 7.29. The summed E-state index contributed by atoms with van der Waals surface area (Å²) in [6.07, 6.45) is 2.31. The van der Waals surface area contributed by atoms with E-state index >= 15 is 0 Å². The molecule has 0 aromatic carbocycles. The van der Waals surface area contributed by atoms with Crippen molar-refractivity contribution in [1.82, 2.24) is 9.47 Å². The molecule has 1 aliphatic heterocycles. The molecule has 0 atom stereocenters. The molecule has 0 amide bonds. The zero-order valence-corrected chi connectivity index (χ0v) is 12.3. The van der Waals surface area contributed by atoms with Crippen molar-refractivity contribution >= 4 is 5.78 Å². The van der Waals surface area contributed by atoms with E-state index < -0.39 is 0 Å². The molecule has 1 fully saturated rings. The minimum Gasteiger partial charge on any atom is -0.373 e. The van der Waals surface area contributed by atoms with Gasteiger partial charge < -0.3 is 9.30 Å². The normalized spacial score (nSPS) is 16.4. The zero-order valence-electron chi connectivity index (χ0n) is 12.3. The Hall–Kier alpha value is -1.46. The number of hydrogen-bond acceptors (Lipinski definition) is 4. The lowest BCUT2D eigenvalue weighted by Crippen LogP contribution is -2.53. The molecule has 2 heterocycles. The lowest BCUT2D eigenvalue weighted by molar-refractivity contribution is -0.0810. The van der Waals surface area contributed by atoms with E-state index in [9.17, 15) is 9.59 Å². The number of likely N-dealkylation sites (tertiary alicyclic amines) is 1. The van der Waals surface area contributed by atoms with Gasteiger partial charge in [-0.1, -0.05) is 0 Å². The summed E-state index contributed by atoms with van der Waals surface area (Å²) in [5.41, 5.74) is 0.0626. The van der Waals surface area contributed by atoms with Gasteiger partial charge in [-0.15, -0.1) is 0 Å². The number of aromatic nitrogens is 1. The van der Waals surface area contributed by atoms with Crippen molar-refractivity contribution in [3.05, 3.63) is 34.2 Å². The molecule has 5 heteroatoms. The molecule has 1 aromatic rings. The van der Waals surface area contributed by atoms with Gasteiger partial charge in [0, 0.05) is 32.4 Å². The van der Waals surface area contributed by atoms with Crippen LogP contribution in [0.4, 0.5) is 0 Å². The van der Waals surface area contributed by atoms with Crippen molar-refractivity contribution in [3.63, 3.8) is 0 Å². The maximum Gasteiger partial charge on any atom is 0.261 e. The van der Waals surface area contributed by atoms with Crippen LogP contribution in [-0.2, 0) is 11.3 Å². The van der Waals surface area contributed by atoms with Gasteiger partial charge in [-0.25, -0.2) is 0 Å². The largest absolute Gasteiger partial charge is 0.373 e. The first-order chi connectivity index (χ1) is 9.47. The Morgan fingerprint density at radius 2 is 2.10 bits per heavy atom. The Morgan fingerprint density at radius 1 is 1.40 bits per heavy atom. The monoisotopic (exact) mass is 278 g/mol. The van der Waals surface area contributed by atoms with Crippen LogP contribution in [-0.4, -0.2) is 47.1 Å². The Labute approximate surface area is 119 Å². The minimum absolute atomic E-state index is 0.182. The predicted octanol–water partition coefficient (Wildman–Crippen LogP) is 1.16. The van der Waals surface area contributed by atoms with Crippen LogP contribution in [0.25, 0.3) is 0 Å². The van der Waals surface area contributed by atoms with E-state index in [0.717, 1.165) is 19.6 Å². The van der Waals surface area contributed by atoms with E-state index in [1.165, 1.54) is 6.92 Å². The van der Waals surface area contributed by atoms with Gasteiger partial charge in [0.05, 0.1) is 17.8 Å². The fourth-order valence-electron chi connectivity index (χ4n) is 2.41. The molecule has 1 aliphatic rings. The minimum atomic E-state index is -0.199. The molecule has 0 unspecified atom stereocenters. The van der Waals surface area contributed by atoms with E-state index in [1.807, 2.05) is 13.8 Å². The summed E-state index contributed by atoms with van der Waals surface area (Å²) in [5, 5.41) is 0. The second-order valence-corrected chi connectivity index (χ2v) is 5.54. The number of hydrogen-bond donors (Lipinski definition) is 0. The van der Waals surface area contributed by atoms with Crippen molar-refractivity contribution in [3.8, 4) is 0 Å². The number of rotatable bonds is 6. The first kappa shape index (κ1) is 14.9. The van der Waals surface area contributed by atoms with E-state index in [-0.39, 0.29) is 23.0 Å². The van der Waals surface area contributed by atoms with Crippen LogP contribution < -0.4 is 5.56 Å². The van der Waals surface area contributed by atoms with Gasteiger partial charge in [-0.05, 0) is 32.9 Å². The fourth-order valence-corrected chi connectivity index (χ4v) is 2.41. The quantitative estimate of drug-likeness (QED) is 0.733. The lowest BCUT2D eigenvalue weighted by atomic mass is 10.1. The van der Waals surface area contributed by atoms with Crippen LogP contribution in [0.1, 0.15) is 31.1 Å². The summed E-state index contributed by atoms with van der Waals surface area (Å²) in [6, 6.07) is 3.33. The van der Waals surface area contributed by atoms with E-state index in [4.69, 9.17) is 4.74 Å². The van der Waals surface area contributed by atoms with Gasteiger partial charge in [0.15, 0.2) is 5.78 Å². The van der Waals surface area contributed by atoms with Gasteiger partial charge in [0.1, 0.15) is 0 Å². The SMILES string of the molecule is CC(=O)c1cccn(CCN2CC(OC(C)C)C2)c1=O. The van der Waals surface area contributed by atoms with Gasteiger partial charge in [0.2, 0.25) is 0 Å². The molecular weight excluding hydrogens is 256 g/mol. The maximum atomic E-state index is 12.0. The molecule has 20 heavy (non-hydrogen) atoms. The lowest BCUT2D eigenvalue weighted by Gasteiger charge is -2.39. The summed E-state index contributed by atoms with van der Waals surface area (Å²) in [5.74, 6) is -0.182. The van der Waals surface area contributed by atoms with E-state index in [2.05, 4.69) is 4.90 Å². The van der Waals surface area contributed by atoms with Gasteiger partial charge in [-0.2, -0.15) is 0 Å². The zero-order chi connectivity index (χ0) is 14.7. The number of carbonyl (C=O) groups is 1. The van der Waals surface area contributed by atoms with Crippen molar-refractivity contribution in [2.45, 2.75) is 39.5 Å². The van der Waals surface area contributed by atoms with Crippen molar-refractivity contribution < 1.29 is 9.53 Å². The number of ether oxygens (including phenoxy) is 1. The molecule has 2 rings (SSSR count). The third kappa shape index (κ3) is 3.55. The van der Waals surface area contributed by atoms with E-state index in [1.54, 1.807) is 22.9 Å². The van der Waals surface area contributed by atoms with Crippen LogP contribution in [0.15, 0.2) is 23.1 Å². The summed E-state index contributed by atoms with van der Waals surface area (Å²) in [4.78, 5) is 25.6. The standard InChI is InChI=1S/C15H22N2O3/c1-11(2)20-13-9-16(10-13)7-8-17-6-4-5-14(12(3)18)15(17)19/h4-6,11,13H,7-10H2,1-3H3. The van der Waals surface area contributed by atoms with Crippen molar-refractivity contribution in [2.75, 3.05) is 19.6 Å². The molecule has 0 saturated carbocycles. The maximum absolute atomic E-state index is 12.0. The van der Waals surface area contributed by atoms with Crippen molar-refractivity contribution in [1.29, 1.82) is 0 Å². The molecule has 0 spiro atoms. The number of ketones is 1. The molecular formula is C15H22N2O3. The second kappa shape index (κ2) is 6.33. The highest BCUT2D eigenvalue weighted by Gasteiger charge is 2.27. The summed E-state index contributed by atoms with van der Waals surface area (Å²) in [6.45, 7) is 8.74.